The molecular formula is C14H12FN5O4S. The number of fused-ring (bicyclic) bond motifs is 1. The summed E-state index contributed by atoms with van der Waals surface area (Å²) in [6, 6.07) is 5.12. The Balaban J connectivity index is 2.05. The van der Waals surface area contributed by atoms with E-state index in [1.165, 1.54) is 22.8 Å². The largest absolute Gasteiger partial charge is 0.465 e. The number of methoxy groups -OCH3 is 1. The number of ether oxygens (including phenoxy) is 1. The third kappa shape index (κ3) is 3.13. The van der Waals surface area contributed by atoms with Crippen LogP contribution in [-0.4, -0.2) is 41.1 Å². The molecule has 0 saturated heterocycles. The predicted molar refractivity (Wildman–Crippen MR) is 84.1 cm³/mol. The summed E-state index contributed by atoms with van der Waals surface area (Å²) >= 11 is 0. The molecule has 3 aromatic rings. The minimum Gasteiger partial charge on any atom is -0.465 e. The first-order valence-corrected chi connectivity index (χ1v) is 8.40. The van der Waals surface area contributed by atoms with E-state index in [0.717, 1.165) is 13.2 Å². The third-order valence-electron chi connectivity index (χ3n) is 3.22. The Morgan fingerprint density at radius 1 is 1.28 bits per heavy atom. The van der Waals surface area contributed by atoms with Crippen LogP contribution in [0.2, 0.25) is 0 Å². The number of rotatable bonds is 4. The zero-order valence-corrected chi connectivity index (χ0v) is 13.9. The van der Waals surface area contributed by atoms with Gasteiger partial charge in [0.25, 0.3) is 21.0 Å². The number of esters is 1. The smallest absolute Gasteiger partial charge is 0.340 e. The summed E-state index contributed by atoms with van der Waals surface area (Å²) in [6.07, 6.45) is 1.49. The van der Waals surface area contributed by atoms with E-state index in [9.17, 15) is 17.6 Å². The standard InChI is InChI=1S/C14H12FN5O4S/c1-8-6-7-20-13(16-8)17-14(18-20)25(22,23)19-11-9(12(21)24-2)4-3-5-10(11)15/h3-7,19H,1-2H3. The monoisotopic (exact) mass is 365 g/mol. The van der Waals surface area contributed by atoms with Crippen LogP contribution in [0.4, 0.5) is 10.1 Å². The number of aromatic nitrogens is 4. The molecule has 1 N–H and O–H groups in total. The Hall–Kier alpha value is -3.08. The molecule has 0 amide bonds. The molecule has 1 aromatic carbocycles. The van der Waals surface area contributed by atoms with E-state index < -0.39 is 32.7 Å². The maximum Gasteiger partial charge on any atom is 0.340 e. The zero-order valence-electron chi connectivity index (χ0n) is 13.1. The van der Waals surface area contributed by atoms with Crippen molar-refractivity contribution in [3.63, 3.8) is 0 Å². The molecule has 0 aliphatic rings. The number of sulfonamides is 1. The molecule has 3 rings (SSSR count). The molecule has 0 aliphatic heterocycles. The van der Waals surface area contributed by atoms with Gasteiger partial charge < -0.3 is 4.74 Å². The molecular weight excluding hydrogens is 353 g/mol. The Morgan fingerprint density at radius 3 is 2.76 bits per heavy atom. The highest BCUT2D eigenvalue weighted by Crippen LogP contribution is 2.23. The molecule has 0 aliphatic carbocycles. The molecule has 0 unspecified atom stereocenters. The number of para-hydroxylation sites is 1. The average molecular weight is 365 g/mol. The summed E-state index contributed by atoms with van der Waals surface area (Å²) in [5.41, 5.74) is -0.194. The van der Waals surface area contributed by atoms with Crippen molar-refractivity contribution >= 4 is 27.5 Å². The lowest BCUT2D eigenvalue weighted by Gasteiger charge is -2.10. The topological polar surface area (TPSA) is 116 Å². The summed E-state index contributed by atoms with van der Waals surface area (Å²) in [5.74, 6) is -1.76. The average Bonchev–Trinajstić information content (AvgIpc) is 3.00. The second kappa shape index (κ2) is 6.09. The van der Waals surface area contributed by atoms with E-state index >= 15 is 0 Å². The number of halogens is 1. The lowest BCUT2D eigenvalue weighted by Crippen LogP contribution is -2.18. The SMILES string of the molecule is COC(=O)c1cccc(F)c1NS(=O)(=O)c1nc2nc(C)ccn2n1. The van der Waals surface area contributed by atoms with Gasteiger partial charge in [-0.3, -0.25) is 4.72 Å². The first-order chi connectivity index (χ1) is 11.8. The molecule has 9 nitrogen and oxygen atoms in total. The van der Waals surface area contributed by atoms with E-state index in [0.29, 0.717) is 5.69 Å². The molecule has 0 fully saturated rings. The third-order valence-corrected chi connectivity index (χ3v) is 4.35. The fourth-order valence-corrected chi connectivity index (χ4v) is 3.01. The van der Waals surface area contributed by atoms with Crippen molar-refractivity contribution in [3.05, 3.63) is 47.5 Å². The van der Waals surface area contributed by atoms with E-state index in [2.05, 4.69) is 19.8 Å². The van der Waals surface area contributed by atoms with Gasteiger partial charge in [0.05, 0.1) is 18.4 Å². The highest BCUT2D eigenvalue weighted by molar-refractivity contribution is 7.92. The van der Waals surface area contributed by atoms with Gasteiger partial charge in [-0.15, -0.1) is 5.10 Å². The molecule has 0 radical (unpaired) electrons. The van der Waals surface area contributed by atoms with E-state index in [-0.39, 0.29) is 11.3 Å². The van der Waals surface area contributed by atoms with Gasteiger partial charge in [0, 0.05) is 11.9 Å². The van der Waals surface area contributed by atoms with Gasteiger partial charge in [-0.2, -0.15) is 13.4 Å². The van der Waals surface area contributed by atoms with Crippen LogP contribution in [0, 0.1) is 12.7 Å². The number of anilines is 1. The lowest BCUT2D eigenvalue weighted by atomic mass is 10.2. The van der Waals surface area contributed by atoms with Gasteiger partial charge >= 0.3 is 5.97 Å². The molecule has 0 atom stereocenters. The van der Waals surface area contributed by atoms with Crippen molar-refractivity contribution in [2.45, 2.75) is 12.1 Å². The highest BCUT2D eigenvalue weighted by atomic mass is 32.2. The first kappa shape index (κ1) is 16.8. The summed E-state index contributed by atoms with van der Waals surface area (Å²) in [4.78, 5) is 19.6. The summed E-state index contributed by atoms with van der Waals surface area (Å²) in [6.45, 7) is 1.71. The van der Waals surface area contributed by atoms with E-state index in [1.807, 2.05) is 4.72 Å². The number of nitrogens with one attached hydrogen (secondary N) is 1. The van der Waals surface area contributed by atoms with Crippen LogP contribution in [0.25, 0.3) is 5.78 Å². The van der Waals surface area contributed by atoms with Crippen molar-refractivity contribution in [1.29, 1.82) is 0 Å². The number of carbonyl (C=O) groups is 1. The number of hydrogen-bond donors (Lipinski definition) is 1. The zero-order chi connectivity index (χ0) is 18.2. The molecule has 0 saturated carbocycles. The van der Waals surface area contributed by atoms with Gasteiger partial charge in [-0.25, -0.2) is 18.7 Å². The number of benzene rings is 1. The quantitative estimate of drug-likeness (QED) is 0.690. The molecule has 11 heteroatoms. The maximum absolute atomic E-state index is 14.1. The highest BCUT2D eigenvalue weighted by Gasteiger charge is 2.26. The lowest BCUT2D eigenvalue weighted by molar-refractivity contribution is 0.0601. The van der Waals surface area contributed by atoms with Crippen molar-refractivity contribution in [2.24, 2.45) is 0 Å². The fourth-order valence-electron chi connectivity index (χ4n) is 2.05. The van der Waals surface area contributed by atoms with Crippen molar-refractivity contribution in [1.82, 2.24) is 19.6 Å². The second-order valence-electron chi connectivity index (χ2n) is 4.97. The van der Waals surface area contributed by atoms with Crippen LogP contribution in [-0.2, 0) is 14.8 Å². The van der Waals surface area contributed by atoms with Crippen LogP contribution >= 0.6 is 0 Å². The Morgan fingerprint density at radius 2 is 2.04 bits per heavy atom. The Kier molecular flexibility index (Phi) is 4.08. The predicted octanol–water partition coefficient (Wildman–Crippen LogP) is 1.16. The van der Waals surface area contributed by atoms with Crippen LogP contribution in [0.15, 0.2) is 35.6 Å². The van der Waals surface area contributed by atoms with Gasteiger partial charge in [0.1, 0.15) is 5.82 Å². The van der Waals surface area contributed by atoms with Crippen LogP contribution < -0.4 is 4.72 Å². The van der Waals surface area contributed by atoms with Gasteiger partial charge in [-0.05, 0) is 25.1 Å². The summed E-state index contributed by atoms with van der Waals surface area (Å²) in [7, 11) is -3.26. The molecule has 0 spiro atoms. The van der Waals surface area contributed by atoms with Crippen LogP contribution in [0.3, 0.4) is 0 Å². The fraction of sp³-hybridized carbons (Fsp3) is 0.143. The second-order valence-corrected chi connectivity index (χ2v) is 6.54. The summed E-state index contributed by atoms with van der Waals surface area (Å²) < 4.78 is 46.7. The van der Waals surface area contributed by atoms with Crippen molar-refractivity contribution in [3.8, 4) is 0 Å². The first-order valence-electron chi connectivity index (χ1n) is 6.91. The number of aryl methyl sites for hydroxylation is 1. The van der Waals surface area contributed by atoms with Crippen molar-refractivity contribution < 1.29 is 22.3 Å². The van der Waals surface area contributed by atoms with Crippen LogP contribution in [0.5, 0.6) is 0 Å². The molecule has 25 heavy (non-hydrogen) atoms. The number of nitrogens with zero attached hydrogens (tertiary/aromatic N) is 4. The number of hydrogen-bond acceptors (Lipinski definition) is 7. The molecule has 0 bridgehead atoms. The van der Waals surface area contributed by atoms with E-state index in [4.69, 9.17) is 0 Å². The minimum absolute atomic E-state index is 0.0714. The molecule has 130 valence electrons. The molecule has 2 heterocycles. The van der Waals surface area contributed by atoms with Crippen molar-refractivity contribution in [2.75, 3.05) is 11.8 Å². The number of carbonyl (C=O) groups excluding carboxylic acids is 1. The Labute approximate surface area is 141 Å². The summed E-state index contributed by atoms with van der Waals surface area (Å²) in [5, 5.41) is 3.19. The normalized spacial score (nSPS) is 11.5. The maximum atomic E-state index is 14.1. The minimum atomic E-state index is -4.36. The van der Waals surface area contributed by atoms with E-state index in [1.54, 1.807) is 13.0 Å². The molecule has 2 aromatic heterocycles. The Bertz CT molecular complexity index is 1080. The van der Waals surface area contributed by atoms with Gasteiger partial charge in [0.2, 0.25) is 0 Å². The van der Waals surface area contributed by atoms with Crippen LogP contribution in [0.1, 0.15) is 16.1 Å². The van der Waals surface area contributed by atoms with Gasteiger partial charge in [0.15, 0.2) is 0 Å². The van der Waals surface area contributed by atoms with Gasteiger partial charge in [-0.1, -0.05) is 6.07 Å².